The van der Waals surface area contributed by atoms with Gasteiger partial charge in [-0.2, -0.15) is 23.1 Å². The summed E-state index contributed by atoms with van der Waals surface area (Å²) in [4.78, 5) is 15.3. The Morgan fingerprint density at radius 3 is 2.37 bits per heavy atom. The minimum atomic E-state index is -4.55. The van der Waals surface area contributed by atoms with Gasteiger partial charge in [0.05, 0.1) is 36.4 Å². The van der Waals surface area contributed by atoms with E-state index in [1.54, 1.807) is 30.3 Å². The molecule has 0 atom stereocenters. The maximum atomic E-state index is 14.1. The minimum Gasteiger partial charge on any atom is -0.378 e. The molecule has 0 amide bonds. The number of morpholine rings is 1. The first-order valence-electron chi connectivity index (χ1n) is 13.3. The Morgan fingerprint density at radius 2 is 1.68 bits per heavy atom. The summed E-state index contributed by atoms with van der Waals surface area (Å²) >= 11 is 0. The lowest BCUT2D eigenvalue weighted by atomic mass is 9.92. The molecular weight excluding hydrogens is 573 g/mol. The van der Waals surface area contributed by atoms with E-state index in [4.69, 9.17) is 4.74 Å². The number of ether oxygens (including phenoxy) is 1. The first-order valence-corrected chi connectivity index (χ1v) is 14.9. The van der Waals surface area contributed by atoms with E-state index in [2.05, 4.69) is 25.0 Å². The fourth-order valence-corrected chi connectivity index (χ4v) is 6.44. The van der Waals surface area contributed by atoms with Crippen molar-refractivity contribution in [2.24, 2.45) is 0 Å². The zero-order chi connectivity index (χ0) is 29.2. The van der Waals surface area contributed by atoms with Gasteiger partial charge in [0.2, 0.25) is 16.0 Å². The molecule has 1 aliphatic heterocycles. The molecule has 0 radical (unpaired) electrons. The average molecular weight is 604 g/mol. The number of rotatable bonds is 9. The predicted octanol–water partition coefficient (Wildman–Crippen LogP) is 4.18. The van der Waals surface area contributed by atoms with Gasteiger partial charge in [0.15, 0.2) is 5.82 Å². The Kier molecular flexibility index (Phi) is 8.61. The van der Waals surface area contributed by atoms with E-state index in [0.29, 0.717) is 74.8 Å². The van der Waals surface area contributed by atoms with E-state index >= 15 is 0 Å². The van der Waals surface area contributed by atoms with Crippen molar-refractivity contribution in [2.75, 3.05) is 42.3 Å². The van der Waals surface area contributed by atoms with E-state index in [9.17, 15) is 30.4 Å². The fourth-order valence-electron chi connectivity index (χ4n) is 5.07. The van der Waals surface area contributed by atoms with Crippen LogP contribution in [0.5, 0.6) is 0 Å². The van der Waals surface area contributed by atoms with Crippen molar-refractivity contribution in [3.8, 4) is 5.82 Å². The number of nitrogens with one attached hydrogen (secondary N) is 2. The summed E-state index contributed by atoms with van der Waals surface area (Å²) < 4.78 is 98.9. The van der Waals surface area contributed by atoms with Crippen LogP contribution in [0.2, 0.25) is 0 Å². The number of hydrogen-bond donors (Lipinski definition) is 2. The molecule has 0 bridgehead atoms. The molecule has 3 aromatic rings. The lowest BCUT2D eigenvalue weighted by Gasteiger charge is -2.31. The summed E-state index contributed by atoms with van der Waals surface area (Å²) in [5.74, 6) is -0.478. The van der Waals surface area contributed by atoms with Crippen LogP contribution >= 0.6 is 0 Å². The number of hydrogen-bond acceptors (Lipinski definition) is 8. The highest BCUT2D eigenvalue weighted by Gasteiger charge is 2.32. The zero-order valence-electron chi connectivity index (χ0n) is 21.9. The van der Waals surface area contributed by atoms with Crippen LogP contribution in [-0.4, -0.2) is 78.3 Å². The molecule has 16 heteroatoms. The normalized spacial score (nSPS) is 20.6. The van der Waals surface area contributed by atoms with Crippen LogP contribution in [-0.2, 0) is 14.8 Å². The van der Waals surface area contributed by atoms with Crippen molar-refractivity contribution in [2.45, 2.75) is 56.8 Å². The highest BCUT2D eigenvalue weighted by Crippen LogP contribution is 2.30. The molecular formula is C25H30F5N7O3S. The van der Waals surface area contributed by atoms with Gasteiger partial charge in [-0.25, -0.2) is 26.9 Å². The second-order valence-corrected chi connectivity index (χ2v) is 12.0. The number of halogens is 5. The number of nitrogens with zero attached hydrogens (tertiary/aromatic N) is 5. The quantitative estimate of drug-likeness (QED) is 0.350. The third kappa shape index (κ3) is 7.40. The molecule has 3 heterocycles. The predicted molar refractivity (Wildman–Crippen MR) is 142 cm³/mol. The highest BCUT2D eigenvalue weighted by molar-refractivity contribution is 7.89. The average Bonchev–Trinajstić information content (AvgIpc) is 3.33. The number of sulfonamides is 1. The minimum absolute atomic E-state index is 0.125. The molecule has 0 spiro atoms. The highest BCUT2D eigenvalue weighted by atomic mass is 32.2. The van der Waals surface area contributed by atoms with Crippen LogP contribution in [0, 0.1) is 0 Å². The molecule has 1 aliphatic carbocycles. The summed E-state index contributed by atoms with van der Waals surface area (Å²) in [6.45, 7) is 1.98. The molecule has 1 aromatic carbocycles. The van der Waals surface area contributed by atoms with Crippen molar-refractivity contribution in [1.82, 2.24) is 24.2 Å². The van der Waals surface area contributed by atoms with Crippen LogP contribution in [0.4, 0.5) is 33.7 Å². The summed E-state index contributed by atoms with van der Waals surface area (Å²) in [7, 11) is -4.07. The smallest absolute Gasteiger partial charge is 0.378 e. The molecule has 224 valence electrons. The van der Waals surface area contributed by atoms with Gasteiger partial charge < -0.3 is 15.0 Å². The van der Waals surface area contributed by atoms with Crippen LogP contribution in [0.15, 0.2) is 30.3 Å². The molecule has 41 heavy (non-hydrogen) atoms. The number of para-hydroxylation sites is 2. The van der Waals surface area contributed by atoms with Gasteiger partial charge in [-0.3, -0.25) is 4.57 Å². The van der Waals surface area contributed by atoms with Gasteiger partial charge in [-0.05, 0) is 37.8 Å². The molecule has 1 saturated carbocycles. The number of alkyl halides is 5. The third-order valence-corrected chi connectivity index (χ3v) is 8.52. The number of anilines is 2. The van der Waals surface area contributed by atoms with E-state index in [-0.39, 0.29) is 11.9 Å². The Balaban J connectivity index is 1.36. The van der Waals surface area contributed by atoms with Crippen molar-refractivity contribution >= 4 is 32.8 Å². The largest absolute Gasteiger partial charge is 0.390 e. The lowest BCUT2D eigenvalue weighted by Crippen LogP contribution is -2.41. The van der Waals surface area contributed by atoms with Crippen molar-refractivity contribution in [3.05, 3.63) is 36.2 Å². The van der Waals surface area contributed by atoms with Gasteiger partial charge in [0, 0.05) is 31.2 Å². The maximum absolute atomic E-state index is 14.1. The van der Waals surface area contributed by atoms with Gasteiger partial charge in [0.25, 0.3) is 6.43 Å². The maximum Gasteiger partial charge on any atom is 0.390 e. The van der Waals surface area contributed by atoms with Crippen LogP contribution in [0.3, 0.4) is 0 Å². The number of benzene rings is 1. The monoisotopic (exact) mass is 603 g/mol. The second-order valence-electron chi connectivity index (χ2n) is 10.1. The third-order valence-electron chi connectivity index (χ3n) is 7.09. The van der Waals surface area contributed by atoms with Gasteiger partial charge in [0.1, 0.15) is 11.6 Å². The summed E-state index contributed by atoms with van der Waals surface area (Å²) in [5, 5.41) is 3.33. The number of fused-ring (bicyclic) bond motifs is 1. The second kappa shape index (κ2) is 12.0. The zero-order valence-corrected chi connectivity index (χ0v) is 22.8. The molecule has 10 nitrogen and oxygen atoms in total. The number of imidazole rings is 1. The first kappa shape index (κ1) is 29.4. The Hall–Kier alpha value is -3.11. The van der Waals surface area contributed by atoms with E-state index < -0.39 is 46.7 Å². The summed E-state index contributed by atoms with van der Waals surface area (Å²) in [6, 6.07) is 7.77. The lowest BCUT2D eigenvalue weighted by molar-refractivity contribution is -0.130. The van der Waals surface area contributed by atoms with Gasteiger partial charge in [-0.15, -0.1) is 0 Å². The van der Waals surface area contributed by atoms with E-state index in [1.165, 1.54) is 4.57 Å². The standard InChI is InChI=1S/C25H30F5N7O3S/c26-22(27)23-32-18-3-1-2-4-19(18)37(23)21-15-20(33-24(34-21)36-10-12-40-13-11-36)31-16-5-7-17(8-6-16)35-41(38,39)14-9-25(28,29)30/h1-4,15-17,22,35H,5-14H2,(H,31,33,34)/t16-,17-. The van der Waals surface area contributed by atoms with Gasteiger partial charge >= 0.3 is 6.18 Å². The summed E-state index contributed by atoms with van der Waals surface area (Å²) in [5.41, 5.74) is 0.874. The van der Waals surface area contributed by atoms with Crippen LogP contribution in [0.1, 0.15) is 44.4 Å². The molecule has 1 saturated heterocycles. The number of aromatic nitrogens is 4. The summed E-state index contributed by atoms with van der Waals surface area (Å²) in [6.07, 6.45) is -6.93. The molecule has 2 N–H and O–H groups in total. The fraction of sp³-hybridized carbons (Fsp3) is 0.560. The van der Waals surface area contributed by atoms with E-state index in [0.717, 1.165) is 0 Å². The molecule has 2 fully saturated rings. The van der Waals surface area contributed by atoms with Crippen molar-refractivity contribution in [1.29, 1.82) is 0 Å². The van der Waals surface area contributed by atoms with Crippen molar-refractivity contribution < 1.29 is 35.1 Å². The Labute approximate surface area is 233 Å². The van der Waals surface area contributed by atoms with Gasteiger partial charge in [-0.1, -0.05) is 12.1 Å². The molecule has 5 rings (SSSR count). The van der Waals surface area contributed by atoms with Crippen LogP contribution in [0.25, 0.3) is 16.9 Å². The van der Waals surface area contributed by atoms with E-state index in [1.807, 2.05) is 4.90 Å². The topological polar surface area (TPSA) is 114 Å². The first-order chi connectivity index (χ1) is 19.5. The Morgan fingerprint density at radius 1 is 1.00 bits per heavy atom. The SMILES string of the molecule is O=S(=O)(CCC(F)(F)F)N[C@H]1CC[C@H](Nc2cc(-n3c(C(F)F)nc4ccccc43)nc(N3CCOCC3)n2)CC1. The van der Waals surface area contributed by atoms with Crippen molar-refractivity contribution in [3.63, 3.8) is 0 Å². The Bertz CT molecular complexity index is 1450. The van der Waals surface area contributed by atoms with Crippen LogP contribution < -0.4 is 14.9 Å². The molecule has 2 aliphatic rings. The molecule has 0 unspecified atom stereocenters. The molecule has 2 aromatic heterocycles.